The highest BCUT2D eigenvalue weighted by Gasteiger charge is 2.35. The van der Waals surface area contributed by atoms with Gasteiger partial charge in [0, 0.05) is 0 Å². The minimum Gasteiger partial charge on any atom is -0.478 e. The maximum atomic E-state index is 10.6. The van der Waals surface area contributed by atoms with Crippen LogP contribution in [0, 0.1) is 0 Å². The first-order chi connectivity index (χ1) is 6.62. The molecule has 0 heterocycles. The lowest BCUT2D eigenvalue weighted by Gasteiger charge is -2.37. The molecule has 2 N–H and O–H groups in total. The van der Waals surface area contributed by atoms with Crippen LogP contribution in [-0.4, -0.2) is 16.2 Å². The van der Waals surface area contributed by atoms with Crippen molar-refractivity contribution >= 4 is 5.97 Å². The zero-order valence-electron chi connectivity index (χ0n) is 7.73. The Balaban J connectivity index is 2.25. The van der Waals surface area contributed by atoms with Crippen molar-refractivity contribution in [1.29, 1.82) is 0 Å². The summed E-state index contributed by atoms with van der Waals surface area (Å²) in [6.07, 6.45) is 2.59. The van der Waals surface area contributed by atoms with Gasteiger partial charge in [-0.3, -0.25) is 0 Å². The Morgan fingerprint density at radius 2 is 1.79 bits per heavy atom. The van der Waals surface area contributed by atoms with Crippen molar-refractivity contribution in [3.05, 3.63) is 35.4 Å². The second-order valence-electron chi connectivity index (χ2n) is 3.77. The summed E-state index contributed by atoms with van der Waals surface area (Å²) in [6.45, 7) is 0. The Labute approximate surface area is 82.0 Å². The first kappa shape index (κ1) is 9.21. The van der Waals surface area contributed by atoms with E-state index in [1.165, 1.54) is 12.1 Å². The van der Waals surface area contributed by atoms with Gasteiger partial charge in [-0.05, 0) is 37.0 Å². The van der Waals surface area contributed by atoms with Crippen LogP contribution < -0.4 is 0 Å². The molecule has 1 saturated carbocycles. The van der Waals surface area contributed by atoms with Gasteiger partial charge < -0.3 is 10.2 Å². The van der Waals surface area contributed by atoms with Crippen LogP contribution >= 0.6 is 0 Å². The molecule has 0 aliphatic heterocycles. The molecule has 14 heavy (non-hydrogen) atoms. The summed E-state index contributed by atoms with van der Waals surface area (Å²) in [4.78, 5) is 10.6. The van der Waals surface area contributed by atoms with Crippen LogP contribution in [0.3, 0.4) is 0 Å². The largest absolute Gasteiger partial charge is 0.478 e. The molecule has 0 spiro atoms. The third-order valence-corrected chi connectivity index (χ3v) is 2.85. The minimum absolute atomic E-state index is 0.261. The lowest BCUT2D eigenvalue weighted by Crippen LogP contribution is -2.33. The molecule has 1 aromatic rings. The quantitative estimate of drug-likeness (QED) is 0.750. The van der Waals surface area contributed by atoms with E-state index in [4.69, 9.17) is 5.11 Å². The fourth-order valence-electron chi connectivity index (χ4n) is 1.72. The van der Waals surface area contributed by atoms with E-state index in [2.05, 4.69) is 0 Å². The van der Waals surface area contributed by atoms with E-state index in [0.717, 1.165) is 24.8 Å². The van der Waals surface area contributed by atoms with Crippen LogP contribution in [0.2, 0.25) is 0 Å². The first-order valence-corrected chi connectivity index (χ1v) is 4.68. The molecule has 1 aliphatic rings. The summed E-state index contributed by atoms with van der Waals surface area (Å²) < 4.78 is 0. The van der Waals surface area contributed by atoms with Gasteiger partial charge in [0.1, 0.15) is 0 Å². The van der Waals surface area contributed by atoms with Gasteiger partial charge in [0.25, 0.3) is 0 Å². The number of hydrogen-bond acceptors (Lipinski definition) is 2. The summed E-state index contributed by atoms with van der Waals surface area (Å²) in [7, 11) is 0. The van der Waals surface area contributed by atoms with E-state index < -0.39 is 11.6 Å². The molecule has 0 amide bonds. The van der Waals surface area contributed by atoms with Crippen LogP contribution in [0.4, 0.5) is 0 Å². The van der Waals surface area contributed by atoms with Gasteiger partial charge >= 0.3 is 5.97 Å². The number of carboxylic acid groups (broad SMARTS) is 1. The molecular formula is C11H12O3. The lowest BCUT2D eigenvalue weighted by atomic mass is 9.75. The average Bonchev–Trinajstić information content (AvgIpc) is 2.14. The van der Waals surface area contributed by atoms with Gasteiger partial charge in [-0.2, -0.15) is 0 Å². The van der Waals surface area contributed by atoms with Gasteiger partial charge in [0.05, 0.1) is 11.2 Å². The third-order valence-electron chi connectivity index (χ3n) is 2.85. The molecule has 3 heteroatoms. The Bertz CT molecular complexity index is 349. The van der Waals surface area contributed by atoms with E-state index in [1.807, 2.05) is 0 Å². The zero-order chi connectivity index (χ0) is 10.2. The van der Waals surface area contributed by atoms with Crippen molar-refractivity contribution in [2.45, 2.75) is 24.9 Å². The van der Waals surface area contributed by atoms with Crippen LogP contribution in [0.15, 0.2) is 24.3 Å². The molecule has 3 nitrogen and oxygen atoms in total. The van der Waals surface area contributed by atoms with E-state index in [-0.39, 0.29) is 5.56 Å². The topological polar surface area (TPSA) is 57.5 Å². The average molecular weight is 192 g/mol. The Morgan fingerprint density at radius 1 is 1.21 bits per heavy atom. The molecule has 0 aromatic heterocycles. The summed E-state index contributed by atoms with van der Waals surface area (Å²) >= 11 is 0. The predicted octanol–water partition coefficient (Wildman–Crippen LogP) is 1.76. The van der Waals surface area contributed by atoms with Gasteiger partial charge in [0.2, 0.25) is 0 Å². The van der Waals surface area contributed by atoms with Gasteiger partial charge in [-0.15, -0.1) is 0 Å². The standard InChI is InChI=1S/C11H12O3/c12-10(13)8-2-4-9(5-3-8)11(14)6-1-7-11/h2-5,14H,1,6-7H2,(H,12,13). The maximum Gasteiger partial charge on any atom is 0.335 e. The fourth-order valence-corrected chi connectivity index (χ4v) is 1.72. The van der Waals surface area contributed by atoms with Crippen LogP contribution in [0.25, 0.3) is 0 Å². The summed E-state index contributed by atoms with van der Waals surface area (Å²) in [5.74, 6) is -0.933. The summed E-state index contributed by atoms with van der Waals surface area (Å²) in [6, 6.07) is 6.47. The second-order valence-corrected chi connectivity index (χ2v) is 3.77. The Kier molecular flexibility index (Phi) is 2.04. The van der Waals surface area contributed by atoms with Crippen molar-refractivity contribution in [3.63, 3.8) is 0 Å². The summed E-state index contributed by atoms with van der Waals surface area (Å²) in [5, 5.41) is 18.7. The van der Waals surface area contributed by atoms with Crippen molar-refractivity contribution in [2.24, 2.45) is 0 Å². The molecule has 1 aliphatic carbocycles. The molecule has 0 radical (unpaired) electrons. The van der Waals surface area contributed by atoms with Gasteiger partial charge in [-0.25, -0.2) is 4.79 Å². The first-order valence-electron chi connectivity index (χ1n) is 4.68. The van der Waals surface area contributed by atoms with E-state index in [9.17, 15) is 9.90 Å². The monoisotopic (exact) mass is 192 g/mol. The van der Waals surface area contributed by atoms with E-state index in [1.54, 1.807) is 12.1 Å². The molecule has 1 fully saturated rings. The van der Waals surface area contributed by atoms with Crippen molar-refractivity contribution in [3.8, 4) is 0 Å². The number of carbonyl (C=O) groups is 1. The molecule has 0 atom stereocenters. The number of benzene rings is 1. The van der Waals surface area contributed by atoms with E-state index >= 15 is 0 Å². The predicted molar refractivity (Wildman–Crippen MR) is 51.1 cm³/mol. The number of rotatable bonds is 2. The molecule has 0 unspecified atom stereocenters. The second kappa shape index (κ2) is 3.10. The fraction of sp³-hybridized carbons (Fsp3) is 0.364. The smallest absolute Gasteiger partial charge is 0.335 e. The number of carboxylic acids is 1. The lowest BCUT2D eigenvalue weighted by molar-refractivity contribution is -0.0388. The molecule has 0 saturated heterocycles. The van der Waals surface area contributed by atoms with Crippen molar-refractivity contribution in [1.82, 2.24) is 0 Å². The van der Waals surface area contributed by atoms with Crippen LogP contribution in [0.5, 0.6) is 0 Å². The summed E-state index contributed by atoms with van der Waals surface area (Å²) in [5.41, 5.74) is 0.391. The highest BCUT2D eigenvalue weighted by Crippen LogP contribution is 2.40. The number of aliphatic hydroxyl groups is 1. The SMILES string of the molecule is O=C(O)c1ccc(C2(O)CCC2)cc1. The highest BCUT2D eigenvalue weighted by atomic mass is 16.4. The van der Waals surface area contributed by atoms with Crippen LogP contribution in [0.1, 0.15) is 35.2 Å². The van der Waals surface area contributed by atoms with Crippen LogP contribution in [-0.2, 0) is 5.60 Å². The maximum absolute atomic E-state index is 10.6. The number of hydrogen-bond donors (Lipinski definition) is 2. The molecule has 74 valence electrons. The Hall–Kier alpha value is -1.35. The van der Waals surface area contributed by atoms with Gasteiger partial charge in [0.15, 0.2) is 0 Å². The van der Waals surface area contributed by atoms with Crippen molar-refractivity contribution < 1.29 is 15.0 Å². The zero-order valence-corrected chi connectivity index (χ0v) is 7.73. The third kappa shape index (κ3) is 1.40. The molecular weight excluding hydrogens is 180 g/mol. The van der Waals surface area contributed by atoms with Gasteiger partial charge in [-0.1, -0.05) is 12.1 Å². The number of aromatic carboxylic acids is 1. The normalized spacial score (nSPS) is 18.6. The molecule has 1 aromatic carbocycles. The minimum atomic E-state index is -0.933. The molecule has 2 rings (SSSR count). The molecule has 0 bridgehead atoms. The highest BCUT2D eigenvalue weighted by molar-refractivity contribution is 5.87. The van der Waals surface area contributed by atoms with E-state index in [0.29, 0.717) is 0 Å². The Morgan fingerprint density at radius 3 is 2.14 bits per heavy atom. The van der Waals surface area contributed by atoms with Crippen molar-refractivity contribution in [2.75, 3.05) is 0 Å².